The number of nitrogens with one attached hydrogen (secondary N) is 2. The molecule has 3 aromatic carbocycles. The van der Waals surface area contributed by atoms with E-state index in [2.05, 4.69) is 15.6 Å². The molecular weight excluding hydrogens is 494 g/mol. The summed E-state index contributed by atoms with van der Waals surface area (Å²) in [5.41, 5.74) is 7.95. The Labute approximate surface area is 216 Å². The molecule has 10 heteroatoms. The first kappa shape index (κ1) is 26.0. The third kappa shape index (κ3) is 6.97. The second kappa shape index (κ2) is 11.7. The van der Waals surface area contributed by atoms with Crippen LogP contribution < -0.4 is 21.1 Å². The van der Waals surface area contributed by atoms with Crippen LogP contribution in [0.15, 0.2) is 85.2 Å². The molecule has 38 heavy (non-hydrogen) atoms. The maximum Gasteiger partial charge on any atom is 0.325 e. The molecule has 0 aliphatic heterocycles. The Morgan fingerprint density at radius 2 is 1.53 bits per heavy atom. The minimum Gasteiger partial charge on any atom is -0.454 e. The normalized spacial score (nSPS) is 10.5. The average Bonchev–Trinajstić information content (AvgIpc) is 2.87. The fraction of sp³-hybridized carbons (Fsp3) is 0.0714. The van der Waals surface area contributed by atoms with E-state index in [0.29, 0.717) is 16.9 Å². The number of benzene rings is 3. The predicted octanol–water partition coefficient (Wildman–Crippen LogP) is 4.74. The Morgan fingerprint density at radius 1 is 0.842 bits per heavy atom. The number of imide groups is 1. The van der Waals surface area contributed by atoms with Crippen LogP contribution in [0.25, 0.3) is 11.1 Å². The van der Waals surface area contributed by atoms with Crippen LogP contribution in [-0.4, -0.2) is 22.8 Å². The van der Waals surface area contributed by atoms with Crippen molar-refractivity contribution in [2.24, 2.45) is 5.73 Å². The minimum atomic E-state index is -0.846. The first-order valence-corrected chi connectivity index (χ1v) is 11.4. The van der Waals surface area contributed by atoms with E-state index in [4.69, 9.17) is 10.5 Å². The van der Waals surface area contributed by atoms with Crippen molar-refractivity contribution >= 4 is 23.5 Å². The van der Waals surface area contributed by atoms with E-state index in [1.54, 1.807) is 36.5 Å². The Morgan fingerprint density at radius 3 is 2.21 bits per heavy atom. The predicted molar refractivity (Wildman–Crippen MR) is 136 cm³/mol. The number of carbonyl (C=O) groups is 3. The van der Waals surface area contributed by atoms with Gasteiger partial charge in [0.1, 0.15) is 11.6 Å². The molecule has 0 radical (unpaired) electrons. The highest BCUT2D eigenvalue weighted by Crippen LogP contribution is 2.34. The molecule has 4 rings (SSSR count). The van der Waals surface area contributed by atoms with Gasteiger partial charge in [0.15, 0.2) is 11.6 Å². The molecule has 0 aliphatic rings. The van der Waals surface area contributed by atoms with Crippen molar-refractivity contribution in [3.8, 4) is 22.6 Å². The van der Waals surface area contributed by atoms with E-state index < -0.39 is 29.5 Å². The van der Waals surface area contributed by atoms with Gasteiger partial charge in [-0.2, -0.15) is 0 Å². The molecule has 1 heterocycles. The zero-order valence-electron chi connectivity index (χ0n) is 19.9. The van der Waals surface area contributed by atoms with Gasteiger partial charge >= 0.3 is 6.03 Å². The lowest BCUT2D eigenvalue weighted by Gasteiger charge is -2.13. The largest absolute Gasteiger partial charge is 0.454 e. The van der Waals surface area contributed by atoms with Crippen molar-refractivity contribution in [2.45, 2.75) is 12.8 Å². The summed E-state index contributed by atoms with van der Waals surface area (Å²) in [5, 5.41) is 4.52. The number of carbonyl (C=O) groups excluding carboxylic acids is 3. The monoisotopic (exact) mass is 516 g/mol. The number of ether oxygens (including phenoxy) is 1. The number of rotatable bonds is 8. The van der Waals surface area contributed by atoms with Gasteiger partial charge in [0.25, 0.3) is 0 Å². The van der Waals surface area contributed by atoms with Crippen LogP contribution in [0.3, 0.4) is 0 Å². The lowest BCUT2D eigenvalue weighted by molar-refractivity contribution is -0.119. The van der Waals surface area contributed by atoms with Gasteiger partial charge < -0.3 is 15.8 Å². The minimum absolute atomic E-state index is 0.0962. The summed E-state index contributed by atoms with van der Waals surface area (Å²) in [4.78, 5) is 39.4. The van der Waals surface area contributed by atoms with E-state index in [9.17, 15) is 23.2 Å². The number of halogens is 2. The number of nitrogens with two attached hydrogens (primary N) is 1. The number of aromatic nitrogens is 1. The lowest BCUT2D eigenvalue weighted by atomic mass is 10.0. The highest BCUT2D eigenvalue weighted by molar-refractivity contribution is 6.01. The zero-order chi connectivity index (χ0) is 27.1. The Kier molecular flexibility index (Phi) is 8.02. The van der Waals surface area contributed by atoms with E-state index in [1.807, 2.05) is 0 Å². The third-order valence-electron chi connectivity index (χ3n) is 5.36. The molecule has 0 bridgehead atoms. The number of urea groups is 1. The van der Waals surface area contributed by atoms with Crippen molar-refractivity contribution in [1.82, 2.24) is 10.3 Å². The van der Waals surface area contributed by atoms with Crippen LogP contribution in [0, 0.1) is 11.6 Å². The van der Waals surface area contributed by atoms with Gasteiger partial charge in [-0.25, -0.2) is 13.6 Å². The van der Waals surface area contributed by atoms with Crippen LogP contribution in [0.5, 0.6) is 11.5 Å². The second-order valence-electron chi connectivity index (χ2n) is 8.26. The fourth-order valence-corrected chi connectivity index (χ4v) is 3.59. The summed E-state index contributed by atoms with van der Waals surface area (Å²) >= 11 is 0. The lowest BCUT2D eigenvalue weighted by Crippen LogP contribution is -2.35. The summed E-state index contributed by atoms with van der Waals surface area (Å²) in [6, 6.07) is 16.9. The first-order valence-electron chi connectivity index (χ1n) is 11.4. The van der Waals surface area contributed by atoms with Crippen LogP contribution in [-0.2, 0) is 22.4 Å². The van der Waals surface area contributed by atoms with E-state index >= 15 is 0 Å². The smallest absolute Gasteiger partial charge is 0.325 e. The van der Waals surface area contributed by atoms with Crippen molar-refractivity contribution < 1.29 is 27.9 Å². The second-order valence-corrected chi connectivity index (χ2v) is 8.26. The average molecular weight is 517 g/mol. The number of nitrogens with zero attached hydrogens (tertiary/aromatic N) is 1. The third-order valence-corrected chi connectivity index (χ3v) is 5.36. The quantitative estimate of drug-likeness (QED) is 0.312. The van der Waals surface area contributed by atoms with Crippen LogP contribution >= 0.6 is 0 Å². The maximum atomic E-state index is 14.8. The molecule has 0 unspecified atom stereocenters. The van der Waals surface area contributed by atoms with Crippen molar-refractivity contribution in [2.75, 3.05) is 5.32 Å². The number of anilines is 1. The highest BCUT2D eigenvalue weighted by atomic mass is 19.1. The molecule has 0 fully saturated rings. The number of pyridine rings is 1. The summed E-state index contributed by atoms with van der Waals surface area (Å²) < 4.78 is 33.6. The van der Waals surface area contributed by atoms with Crippen LogP contribution in [0.2, 0.25) is 0 Å². The van der Waals surface area contributed by atoms with Crippen LogP contribution in [0.1, 0.15) is 11.1 Å². The number of amides is 4. The number of hydrogen-bond donors (Lipinski definition) is 3. The molecule has 4 N–H and O–H groups in total. The van der Waals surface area contributed by atoms with Crippen molar-refractivity contribution in [1.29, 1.82) is 0 Å². The van der Waals surface area contributed by atoms with E-state index in [1.165, 1.54) is 42.6 Å². The van der Waals surface area contributed by atoms with Crippen LogP contribution in [0.4, 0.5) is 19.3 Å². The molecule has 1 aromatic heterocycles. The molecule has 0 saturated carbocycles. The van der Waals surface area contributed by atoms with Gasteiger partial charge in [0.05, 0.1) is 12.8 Å². The van der Waals surface area contributed by atoms with Gasteiger partial charge in [-0.15, -0.1) is 0 Å². The number of primary amides is 1. The number of hydrogen-bond acceptors (Lipinski definition) is 5. The Bertz CT molecular complexity index is 1480. The van der Waals surface area contributed by atoms with E-state index in [0.717, 1.165) is 17.2 Å². The fourth-order valence-electron chi connectivity index (χ4n) is 3.59. The molecule has 0 spiro atoms. The van der Waals surface area contributed by atoms with Gasteiger partial charge in [-0.1, -0.05) is 36.4 Å². The highest BCUT2D eigenvalue weighted by Gasteiger charge is 2.14. The van der Waals surface area contributed by atoms with Crippen molar-refractivity contribution in [3.05, 3.63) is 108 Å². The Balaban J connectivity index is 1.40. The van der Waals surface area contributed by atoms with Gasteiger partial charge in [0, 0.05) is 29.7 Å². The molecular formula is C28H22F2N4O4. The summed E-state index contributed by atoms with van der Waals surface area (Å²) in [6.07, 6.45) is 3.06. The van der Waals surface area contributed by atoms with Gasteiger partial charge in [-0.3, -0.25) is 19.9 Å². The Hall–Kier alpha value is -5.12. The molecule has 4 aromatic rings. The first-order chi connectivity index (χ1) is 18.3. The molecule has 8 nitrogen and oxygen atoms in total. The molecule has 0 aliphatic carbocycles. The summed E-state index contributed by atoms with van der Waals surface area (Å²) in [5.74, 6) is -1.99. The molecule has 4 amide bonds. The molecule has 192 valence electrons. The zero-order valence-corrected chi connectivity index (χ0v) is 19.9. The maximum absolute atomic E-state index is 14.8. The van der Waals surface area contributed by atoms with Gasteiger partial charge in [-0.05, 0) is 47.0 Å². The SMILES string of the molecule is NC(=O)Cc1ccc(-c2cnccc2Oc2ccc(NC(=O)NC(=O)Cc3ccc(F)cc3)cc2F)cc1. The molecule has 0 atom stereocenters. The molecule has 0 saturated heterocycles. The van der Waals surface area contributed by atoms with Crippen molar-refractivity contribution in [3.63, 3.8) is 0 Å². The topological polar surface area (TPSA) is 123 Å². The van der Waals surface area contributed by atoms with Gasteiger partial charge in [0.2, 0.25) is 11.8 Å². The standard InChI is InChI=1S/C28H22F2N4O4/c29-20-7-3-18(4-8-20)14-27(36)34-28(37)33-21-9-10-25(23(30)15-21)38-24-11-12-32-16-22(24)19-5-1-17(2-6-19)13-26(31)35/h1-12,15-16H,13-14H2,(H2,31,35)(H2,33,34,36,37). The van der Waals surface area contributed by atoms with E-state index in [-0.39, 0.29) is 24.3 Å². The summed E-state index contributed by atoms with van der Waals surface area (Å²) in [6.45, 7) is 0. The summed E-state index contributed by atoms with van der Waals surface area (Å²) in [7, 11) is 0.